The first-order valence-corrected chi connectivity index (χ1v) is 20.5. The predicted molar refractivity (Wildman–Crippen MR) is 208 cm³/mol. The monoisotopic (exact) mass is 687 g/mol. The van der Waals surface area contributed by atoms with E-state index in [4.69, 9.17) is 15.3 Å². The zero-order valence-corrected chi connectivity index (χ0v) is 33.5. The number of carboxylic acids is 3. The third-order valence-corrected chi connectivity index (χ3v) is 8.54. The Morgan fingerprint density at radius 1 is 0.333 bits per heavy atom. The van der Waals surface area contributed by atoms with Crippen molar-refractivity contribution in [3.63, 3.8) is 0 Å². The van der Waals surface area contributed by atoms with Crippen molar-refractivity contribution in [2.45, 2.75) is 248 Å². The first-order chi connectivity index (χ1) is 22.9. The average molecular weight is 687 g/mol. The summed E-state index contributed by atoms with van der Waals surface area (Å²) in [5.74, 6) is -1.98. The molecule has 48 heavy (non-hydrogen) atoms. The predicted octanol–water partition coefficient (Wildman–Crippen LogP) is 14.4. The fraction of sp³-hybridized carbons (Fsp3) is 0.929. The lowest BCUT2D eigenvalue weighted by Crippen LogP contribution is -2.00. The van der Waals surface area contributed by atoms with Gasteiger partial charge in [-0.3, -0.25) is 14.4 Å². The molecule has 3 N–H and O–H groups in total. The first kappa shape index (κ1) is 53.2. The van der Waals surface area contributed by atoms with E-state index in [1.807, 2.05) is 0 Å². The molecule has 0 unspecified atom stereocenters. The van der Waals surface area contributed by atoms with Crippen LogP contribution in [-0.4, -0.2) is 33.2 Å². The van der Waals surface area contributed by atoms with Crippen LogP contribution in [0.4, 0.5) is 0 Å². The molecule has 0 amide bonds. The van der Waals surface area contributed by atoms with Crippen molar-refractivity contribution in [2.24, 2.45) is 5.41 Å². The quantitative estimate of drug-likeness (QED) is 0.0648. The number of aliphatic carboxylic acids is 3. The molecule has 0 aromatic heterocycles. The maximum absolute atomic E-state index is 10.2. The van der Waals surface area contributed by atoms with Crippen LogP contribution in [0.1, 0.15) is 248 Å². The first-order valence-electron chi connectivity index (χ1n) is 20.5. The Labute approximate surface area is 300 Å². The minimum atomic E-state index is -0.659. The minimum absolute atomic E-state index is 0.343. The number of hydrogen-bond donors (Lipinski definition) is 3. The van der Waals surface area contributed by atoms with Gasteiger partial charge in [-0.15, -0.1) is 0 Å². The highest BCUT2D eigenvalue weighted by atomic mass is 16.4. The molecule has 0 aromatic rings. The van der Waals surface area contributed by atoms with E-state index < -0.39 is 17.9 Å². The van der Waals surface area contributed by atoms with Gasteiger partial charge in [0.1, 0.15) is 0 Å². The van der Waals surface area contributed by atoms with E-state index in [2.05, 4.69) is 48.5 Å². The van der Waals surface area contributed by atoms with Crippen LogP contribution in [-0.2, 0) is 14.4 Å². The molecule has 0 saturated heterocycles. The maximum atomic E-state index is 10.2. The maximum Gasteiger partial charge on any atom is 0.303 e. The Morgan fingerprint density at radius 2 is 0.479 bits per heavy atom. The van der Waals surface area contributed by atoms with Gasteiger partial charge in [-0.05, 0) is 24.7 Å². The zero-order valence-electron chi connectivity index (χ0n) is 33.5. The molecule has 0 heterocycles. The molecule has 0 spiro atoms. The van der Waals surface area contributed by atoms with Crippen LogP contribution in [0.25, 0.3) is 0 Å². The summed E-state index contributed by atoms with van der Waals surface area (Å²) in [6, 6.07) is 0. The van der Waals surface area contributed by atoms with Gasteiger partial charge in [0.05, 0.1) is 0 Å². The molecule has 0 atom stereocenters. The third-order valence-electron chi connectivity index (χ3n) is 8.54. The SMILES string of the molecule is CCC(C)(C)C.CCCCCCCCCCCC(=O)O.CCCCCCCCCCCC(=O)O.CCCCCCCCCCCC(=O)O. The van der Waals surface area contributed by atoms with Crippen LogP contribution in [0.2, 0.25) is 0 Å². The zero-order chi connectivity index (χ0) is 37.2. The Morgan fingerprint density at radius 3 is 0.604 bits per heavy atom. The van der Waals surface area contributed by atoms with Gasteiger partial charge in [0, 0.05) is 19.3 Å². The summed E-state index contributed by atoms with van der Waals surface area (Å²) in [7, 11) is 0. The van der Waals surface area contributed by atoms with E-state index in [1.54, 1.807) is 0 Å². The summed E-state index contributed by atoms with van der Waals surface area (Å²) < 4.78 is 0. The fourth-order valence-corrected chi connectivity index (χ4v) is 4.76. The van der Waals surface area contributed by atoms with Crippen molar-refractivity contribution in [1.82, 2.24) is 0 Å². The van der Waals surface area contributed by atoms with E-state index >= 15 is 0 Å². The van der Waals surface area contributed by atoms with Crippen LogP contribution in [0.5, 0.6) is 0 Å². The molecule has 0 bridgehead atoms. The molecule has 0 aromatic carbocycles. The molecule has 0 radical (unpaired) electrons. The molecule has 0 fully saturated rings. The van der Waals surface area contributed by atoms with Crippen LogP contribution in [0.15, 0.2) is 0 Å². The number of unbranched alkanes of at least 4 members (excludes halogenated alkanes) is 24. The lowest BCUT2D eigenvalue weighted by atomic mass is 9.94. The van der Waals surface area contributed by atoms with Crippen LogP contribution < -0.4 is 0 Å². The Hall–Kier alpha value is -1.59. The number of carbonyl (C=O) groups is 3. The van der Waals surface area contributed by atoms with E-state index in [0.717, 1.165) is 38.5 Å². The van der Waals surface area contributed by atoms with Crippen molar-refractivity contribution < 1.29 is 29.7 Å². The van der Waals surface area contributed by atoms with E-state index in [1.165, 1.54) is 141 Å². The molecule has 6 nitrogen and oxygen atoms in total. The number of carboxylic acid groups (broad SMARTS) is 3. The van der Waals surface area contributed by atoms with Gasteiger partial charge in [-0.25, -0.2) is 0 Å². The highest BCUT2D eigenvalue weighted by Crippen LogP contribution is 2.16. The molecular formula is C42H86O6. The molecule has 0 aliphatic carbocycles. The van der Waals surface area contributed by atoms with Gasteiger partial charge in [-0.2, -0.15) is 0 Å². The van der Waals surface area contributed by atoms with Gasteiger partial charge in [0.15, 0.2) is 0 Å². The molecule has 6 heteroatoms. The summed E-state index contributed by atoms with van der Waals surface area (Å²) in [6.07, 6.45) is 35.7. The minimum Gasteiger partial charge on any atom is -0.481 e. The Kier molecular flexibility index (Phi) is 50.3. The second-order valence-electron chi connectivity index (χ2n) is 14.8. The van der Waals surface area contributed by atoms with Crippen molar-refractivity contribution in [1.29, 1.82) is 0 Å². The second kappa shape index (κ2) is 45.4. The van der Waals surface area contributed by atoms with E-state index in [-0.39, 0.29) is 0 Å². The highest BCUT2D eigenvalue weighted by molar-refractivity contribution is 5.67. The molecule has 0 aliphatic heterocycles. The van der Waals surface area contributed by atoms with Gasteiger partial charge in [0.25, 0.3) is 0 Å². The molecule has 0 saturated carbocycles. The topological polar surface area (TPSA) is 112 Å². The number of rotatable bonds is 30. The van der Waals surface area contributed by atoms with Crippen molar-refractivity contribution in [2.75, 3.05) is 0 Å². The van der Waals surface area contributed by atoms with Gasteiger partial charge >= 0.3 is 17.9 Å². The third kappa shape index (κ3) is 70.7. The summed E-state index contributed by atoms with van der Waals surface area (Å²) in [5.41, 5.74) is 0.542. The molecule has 0 aliphatic rings. The van der Waals surface area contributed by atoms with Crippen LogP contribution in [0.3, 0.4) is 0 Å². The van der Waals surface area contributed by atoms with E-state index in [0.29, 0.717) is 24.7 Å². The average Bonchev–Trinajstić information content (AvgIpc) is 3.02. The Bertz CT molecular complexity index is 564. The second-order valence-corrected chi connectivity index (χ2v) is 14.8. The molecule has 290 valence electrons. The summed E-state index contributed by atoms with van der Waals surface area (Å²) in [6.45, 7) is 15.6. The van der Waals surface area contributed by atoms with Gasteiger partial charge < -0.3 is 15.3 Å². The van der Waals surface area contributed by atoms with Crippen molar-refractivity contribution in [3.8, 4) is 0 Å². The standard InChI is InChI=1S/3C12H24O2.C6H14/c3*1-2-3-4-5-6-7-8-9-10-11-12(13)14;1-5-6(2,3)4/h3*2-11H2,1H3,(H,13,14);5H2,1-4H3. The van der Waals surface area contributed by atoms with Crippen LogP contribution >= 0.6 is 0 Å². The highest BCUT2D eigenvalue weighted by Gasteiger charge is 2.03. The molecular weight excluding hydrogens is 600 g/mol. The lowest BCUT2D eigenvalue weighted by molar-refractivity contribution is -0.138. The summed E-state index contributed by atoms with van der Waals surface area (Å²) in [5, 5.41) is 25.2. The van der Waals surface area contributed by atoms with Crippen molar-refractivity contribution >= 4 is 17.9 Å². The number of hydrogen-bond acceptors (Lipinski definition) is 3. The lowest BCUT2D eigenvalue weighted by Gasteiger charge is -2.12. The summed E-state index contributed by atoms with van der Waals surface area (Å²) in [4.78, 5) is 30.6. The van der Waals surface area contributed by atoms with Gasteiger partial charge in [0.2, 0.25) is 0 Å². The molecule has 0 rings (SSSR count). The largest absolute Gasteiger partial charge is 0.481 e. The summed E-state index contributed by atoms with van der Waals surface area (Å²) >= 11 is 0. The fourth-order valence-electron chi connectivity index (χ4n) is 4.76. The van der Waals surface area contributed by atoms with Gasteiger partial charge in [-0.1, -0.05) is 209 Å². The normalized spacial score (nSPS) is 10.6. The van der Waals surface area contributed by atoms with Crippen LogP contribution in [0, 0.1) is 5.41 Å². The van der Waals surface area contributed by atoms with Crippen molar-refractivity contribution in [3.05, 3.63) is 0 Å². The van der Waals surface area contributed by atoms with E-state index in [9.17, 15) is 14.4 Å². The Balaban J connectivity index is -0.000000279. The smallest absolute Gasteiger partial charge is 0.303 e.